The zero-order chi connectivity index (χ0) is 19.2. The summed E-state index contributed by atoms with van der Waals surface area (Å²) in [7, 11) is -3.75. The van der Waals surface area contributed by atoms with Gasteiger partial charge in [-0.2, -0.15) is 0 Å². The van der Waals surface area contributed by atoms with Crippen molar-refractivity contribution >= 4 is 38.9 Å². The number of hydrogen-bond donors (Lipinski definition) is 3. The van der Waals surface area contributed by atoms with Crippen LogP contribution in [0.15, 0.2) is 29.2 Å². The summed E-state index contributed by atoms with van der Waals surface area (Å²) in [6.07, 6.45) is 7.23. The molecule has 0 heterocycles. The van der Waals surface area contributed by atoms with Gasteiger partial charge in [-0.25, -0.2) is 8.42 Å². The molecule has 4 fully saturated rings. The van der Waals surface area contributed by atoms with Crippen LogP contribution in [0, 0.1) is 17.8 Å². The monoisotopic (exact) mass is 407 g/mol. The second-order valence-corrected chi connectivity index (χ2v) is 10.6. The van der Waals surface area contributed by atoms with E-state index in [0.29, 0.717) is 5.69 Å². The number of amides is 1. The fraction of sp³-hybridized carbons (Fsp3) is 0.579. The molecule has 27 heavy (non-hydrogen) atoms. The molecule has 0 spiro atoms. The summed E-state index contributed by atoms with van der Waals surface area (Å²) in [4.78, 5) is 11.2. The van der Waals surface area contributed by atoms with E-state index in [9.17, 15) is 13.2 Å². The number of anilines is 1. The van der Waals surface area contributed by atoms with E-state index in [2.05, 4.69) is 15.4 Å². The minimum Gasteiger partial charge on any atom is -0.356 e. The highest BCUT2D eigenvalue weighted by Gasteiger charge is 2.51. The Hall–Kier alpha value is -1.67. The van der Waals surface area contributed by atoms with Crippen molar-refractivity contribution in [2.24, 2.45) is 17.8 Å². The first kappa shape index (κ1) is 18.7. The normalized spacial score (nSPS) is 31.4. The Bertz CT molecular complexity index is 829. The van der Waals surface area contributed by atoms with Crippen LogP contribution in [0.25, 0.3) is 0 Å². The van der Waals surface area contributed by atoms with Crippen molar-refractivity contribution in [1.29, 1.82) is 0 Å². The van der Waals surface area contributed by atoms with Crippen LogP contribution in [0.1, 0.15) is 45.4 Å². The molecule has 1 amide bonds. The predicted octanol–water partition coefficient (Wildman–Crippen LogP) is 2.77. The first-order valence-electron chi connectivity index (χ1n) is 9.46. The molecule has 0 aromatic heterocycles. The van der Waals surface area contributed by atoms with Crippen LogP contribution < -0.4 is 15.4 Å². The maximum atomic E-state index is 12.6. The van der Waals surface area contributed by atoms with Crippen LogP contribution in [0.5, 0.6) is 0 Å². The van der Waals surface area contributed by atoms with E-state index < -0.39 is 10.0 Å². The molecule has 8 heteroatoms. The molecule has 4 saturated carbocycles. The lowest BCUT2D eigenvalue weighted by Crippen LogP contribution is -2.61. The number of rotatable bonds is 4. The quantitative estimate of drug-likeness (QED) is 0.668. The van der Waals surface area contributed by atoms with Gasteiger partial charge in [0.1, 0.15) is 0 Å². The summed E-state index contributed by atoms with van der Waals surface area (Å²) in [6, 6.07) is 6.04. The maximum absolute atomic E-state index is 12.6. The highest BCUT2D eigenvalue weighted by molar-refractivity contribution is 7.91. The molecule has 5 rings (SSSR count). The summed E-state index contributed by atoms with van der Waals surface area (Å²) < 4.78 is 27.8. The average Bonchev–Trinajstić information content (AvgIpc) is 2.52. The largest absolute Gasteiger partial charge is 0.356 e. The lowest BCUT2D eigenvalue weighted by Gasteiger charge is -2.57. The van der Waals surface area contributed by atoms with Gasteiger partial charge < -0.3 is 10.6 Å². The van der Waals surface area contributed by atoms with Crippen LogP contribution in [-0.2, 0) is 14.8 Å². The van der Waals surface area contributed by atoms with Crippen molar-refractivity contribution in [3.63, 3.8) is 0 Å². The van der Waals surface area contributed by atoms with E-state index in [0.717, 1.165) is 37.0 Å². The number of carbonyl (C=O) groups excluding carboxylic acids is 1. The number of sulfonamides is 1. The zero-order valence-corrected chi connectivity index (χ0v) is 17.0. The van der Waals surface area contributed by atoms with Crippen molar-refractivity contribution in [3.05, 3.63) is 24.3 Å². The molecule has 1 aromatic rings. The van der Waals surface area contributed by atoms with Crippen molar-refractivity contribution in [2.75, 3.05) is 5.32 Å². The van der Waals surface area contributed by atoms with Gasteiger partial charge in [0.05, 0.1) is 4.90 Å². The lowest BCUT2D eigenvalue weighted by molar-refractivity contribution is -0.114. The second-order valence-electron chi connectivity index (χ2n) is 8.46. The molecule has 0 aliphatic heterocycles. The predicted molar refractivity (Wildman–Crippen MR) is 108 cm³/mol. The highest BCUT2D eigenvalue weighted by atomic mass is 32.2. The maximum Gasteiger partial charge on any atom is 0.263 e. The molecule has 0 atom stereocenters. The Morgan fingerprint density at radius 3 is 2.04 bits per heavy atom. The summed E-state index contributed by atoms with van der Waals surface area (Å²) in [6.45, 7) is 1.40. The molecule has 4 aliphatic rings. The molecule has 1 aromatic carbocycles. The van der Waals surface area contributed by atoms with E-state index in [1.165, 1.54) is 38.3 Å². The number of carbonyl (C=O) groups is 1. The van der Waals surface area contributed by atoms with Gasteiger partial charge >= 0.3 is 0 Å². The Labute approximate surface area is 165 Å². The Balaban J connectivity index is 1.42. The number of hydrogen-bond acceptors (Lipinski definition) is 4. The third kappa shape index (κ3) is 3.96. The highest BCUT2D eigenvalue weighted by Crippen LogP contribution is 2.55. The minimum absolute atomic E-state index is 0.0381. The Morgan fingerprint density at radius 2 is 1.56 bits per heavy atom. The smallest absolute Gasteiger partial charge is 0.263 e. The van der Waals surface area contributed by atoms with Gasteiger partial charge in [0, 0.05) is 18.2 Å². The third-order valence-electron chi connectivity index (χ3n) is 6.13. The zero-order valence-electron chi connectivity index (χ0n) is 15.3. The molecular weight excluding hydrogens is 382 g/mol. The van der Waals surface area contributed by atoms with E-state index in [1.54, 1.807) is 12.1 Å². The Morgan fingerprint density at radius 1 is 1.04 bits per heavy atom. The van der Waals surface area contributed by atoms with Gasteiger partial charge in [0.2, 0.25) is 5.91 Å². The van der Waals surface area contributed by atoms with Gasteiger partial charge in [0.15, 0.2) is 5.11 Å². The van der Waals surface area contributed by atoms with Crippen molar-refractivity contribution in [3.8, 4) is 0 Å². The van der Waals surface area contributed by atoms with Crippen LogP contribution in [0.4, 0.5) is 5.69 Å². The Kier molecular flexibility index (Phi) is 4.66. The topological polar surface area (TPSA) is 87.3 Å². The van der Waals surface area contributed by atoms with E-state index in [1.807, 2.05) is 0 Å². The van der Waals surface area contributed by atoms with Gasteiger partial charge in [-0.1, -0.05) is 0 Å². The molecule has 146 valence electrons. The molecule has 0 unspecified atom stereocenters. The average molecular weight is 408 g/mol. The minimum atomic E-state index is -3.75. The van der Waals surface area contributed by atoms with Crippen LogP contribution >= 0.6 is 12.2 Å². The van der Waals surface area contributed by atoms with Gasteiger partial charge in [-0.3, -0.25) is 9.52 Å². The SMILES string of the molecule is CC(=O)Nc1ccc(S(=O)(=O)NC(=S)NC23CC4CC(CC(C4)C2)C3)cc1. The van der Waals surface area contributed by atoms with Crippen molar-refractivity contribution < 1.29 is 13.2 Å². The van der Waals surface area contributed by atoms with Crippen LogP contribution in [0.2, 0.25) is 0 Å². The first-order chi connectivity index (χ1) is 12.7. The molecule has 4 aliphatic carbocycles. The molecule has 4 bridgehead atoms. The number of thiocarbonyl (C=S) groups is 1. The fourth-order valence-corrected chi connectivity index (χ4v) is 7.08. The number of benzene rings is 1. The van der Waals surface area contributed by atoms with Crippen LogP contribution in [0.3, 0.4) is 0 Å². The van der Waals surface area contributed by atoms with Gasteiger partial charge in [0.25, 0.3) is 10.0 Å². The summed E-state index contributed by atoms with van der Waals surface area (Å²) in [5.41, 5.74) is 0.514. The first-order valence-corrected chi connectivity index (χ1v) is 11.3. The molecular formula is C19H25N3O3S2. The molecule has 3 N–H and O–H groups in total. The van der Waals surface area contributed by atoms with Crippen molar-refractivity contribution in [1.82, 2.24) is 10.0 Å². The lowest BCUT2D eigenvalue weighted by atomic mass is 9.53. The second kappa shape index (κ2) is 6.74. The van der Waals surface area contributed by atoms with Crippen molar-refractivity contribution in [2.45, 2.75) is 55.9 Å². The molecule has 0 radical (unpaired) electrons. The summed E-state index contributed by atoms with van der Waals surface area (Å²) in [5, 5.41) is 6.17. The van der Waals surface area contributed by atoms with Crippen LogP contribution in [-0.4, -0.2) is 25.0 Å². The number of nitrogens with one attached hydrogen (secondary N) is 3. The van der Waals surface area contributed by atoms with Gasteiger partial charge in [-0.05, 0) is 92.8 Å². The third-order valence-corrected chi connectivity index (χ3v) is 7.83. The standard InChI is InChI=1S/C19H25N3O3S2/c1-12(23)20-16-2-4-17(5-3-16)27(24,25)22-18(26)21-19-9-13-6-14(10-19)8-15(7-13)11-19/h2-5,13-15H,6-11H2,1H3,(H,20,23)(H2,21,22,26). The molecule has 6 nitrogen and oxygen atoms in total. The van der Waals surface area contributed by atoms with E-state index in [-0.39, 0.29) is 21.5 Å². The summed E-state index contributed by atoms with van der Waals surface area (Å²) in [5.74, 6) is 2.06. The fourth-order valence-electron chi connectivity index (χ4n) is 5.63. The van der Waals surface area contributed by atoms with E-state index in [4.69, 9.17) is 12.2 Å². The molecule has 0 saturated heterocycles. The van der Waals surface area contributed by atoms with E-state index >= 15 is 0 Å². The van der Waals surface area contributed by atoms with Gasteiger partial charge in [-0.15, -0.1) is 0 Å². The summed E-state index contributed by atoms with van der Waals surface area (Å²) >= 11 is 5.36.